The number of rotatable bonds is 7. The standard InChI is InChI=1S/C20H34F3N5O.HI/c1-5-24-18(27-13-17-26-12-16(29-17)19(2,3)4)25-9-6-15-7-10-28(11-8-15)14-20(21,22)23;/h12,15H,5-11,13-14H2,1-4H3,(H2,24,25,27);1H. The first-order valence-electron chi connectivity index (χ1n) is 10.3. The molecule has 0 radical (unpaired) electrons. The molecule has 0 amide bonds. The van der Waals surface area contributed by atoms with E-state index in [2.05, 4.69) is 41.4 Å². The number of alkyl halides is 3. The van der Waals surface area contributed by atoms with Crippen molar-refractivity contribution in [1.82, 2.24) is 20.5 Å². The average Bonchev–Trinajstić information content (AvgIpc) is 3.09. The van der Waals surface area contributed by atoms with E-state index >= 15 is 0 Å². The van der Waals surface area contributed by atoms with Crippen LogP contribution in [0.1, 0.15) is 58.6 Å². The Labute approximate surface area is 194 Å². The minimum Gasteiger partial charge on any atom is -0.443 e. The van der Waals surface area contributed by atoms with E-state index in [0.29, 0.717) is 37.4 Å². The summed E-state index contributed by atoms with van der Waals surface area (Å²) in [6, 6.07) is 0. The van der Waals surface area contributed by atoms with Crippen molar-refractivity contribution in [3.8, 4) is 0 Å². The highest BCUT2D eigenvalue weighted by atomic mass is 127. The monoisotopic (exact) mass is 545 g/mol. The van der Waals surface area contributed by atoms with Crippen LogP contribution in [0.15, 0.2) is 15.6 Å². The number of nitrogens with one attached hydrogen (secondary N) is 2. The number of hydrogen-bond donors (Lipinski definition) is 2. The predicted octanol–water partition coefficient (Wildman–Crippen LogP) is 4.31. The normalized spacial score (nSPS) is 17.0. The Bertz CT molecular complexity index is 650. The summed E-state index contributed by atoms with van der Waals surface area (Å²) >= 11 is 0. The fraction of sp³-hybridized carbons (Fsp3) is 0.800. The SMILES string of the molecule is CCNC(=NCc1ncc(C(C)(C)C)o1)NCCC1CCN(CC(F)(F)F)CC1.I. The van der Waals surface area contributed by atoms with Crippen LogP contribution in [0.5, 0.6) is 0 Å². The molecule has 0 unspecified atom stereocenters. The summed E-state index contributed by atoms with van der Waals surface area (Å²) in [5.41, 5.74) is -0.0899. The van der Waals surface area contributed by atoms with Gasteiger partial charge in [0, 0.05) is 18.5 Å². The Hall–Kier alpha value is -1.04. The van der Waals surface area contributed by atoms with Crippen LogP contribution in [0.25, 0.3) is 0 Å². The first kappa shape index (κ1) is 27.0. The number of nitrogens with zero attached hydrogens (tertiary/aromatic N) is 3. The highest BCUT2D eigenvalue weighted by Gasteiger charge is 2.32. The van der Waals surface area contributed by atoms with E-state index in [9.17, 15) is 13.2 Å². The van der Waals surface area contributed by atoms with Gasteiger partial charge in [-0.15, -0.1) is 24.0 Å². The fourth-order valence-corrected chi connectivity index (χ4v) is 3.30. The number of likely N-dealkylation sites (tertiary alicyclic amines) is 1. The van der Waals surface area contributed by atoms with Crippen LogP contribution in [-0.2, 0) is 12.0 Å². The van der Waals surface area contributed by atoms with E-state index < -0.39 is 12.7 Å². The average molecular weight is 545 g/mol. The molecule has 0 saturated carbocycles. The molecule has 1 aliphatic heterocycles. The molecule has 1 saturated heterocycles. The van der Waals surface area contributed by atoms with Crippen LogP contribution in [0.3, 0.4) is 0 Å². The van der Waals surface area contributed by atoms with E-state index in [0.717, 1.165) is 38.1 Å². The van der Waals surface area contributed by atoms with Crippen molar-refractivity contribution in [1.29, 1.82) is 0 Å². The third kappa shape index (κ3) is 9.84. The van der Waals surface area contributed by atoms with Crippen LogP contribution in [0.2, 0.25) is 0 Å². The van der Waals surface area contributed by atoms with Crippen LogP contribution in [-0.4, -0.2) is 54.7 Å². The van der Waals surface area contributed by atoms with Gasteiger partial charge in [0.25, 0.3) is 0 Å². The minimum absolute atomic E-state index is 0. The maximum atomic E-state index is 12.5. The Morgan fingerprint density at radius 2 is 1.90 bits per heavy atom. The largest absolute Gasteiger partial charge is 0.443 e. The Morgan fingerprint density at radius 3 is 2.43 bits per heavy atom. The van der Waals surface area contributed by atoms with Crippen molar-refractivity contribution in [2.75, 3.05) is 32.7 Å². The lowest BCUT2D eigenvalue weighted by molar-refractivity contribution is -0.148. The summed E-state index contributed by atoms with van der Waals surface area (Å²) in [6.07, 6.45) is 0.157. The molecule has 1 aromatic rings. The molecule has 6 nitrogen and oxygen atoms in total. The van der Waals surface area contributed by atoms with Gasteiger partial charge < -0.3 is 15.1 Å². The van der Waals surface area contributed by atoms with Crippen LogP contribution >= 0.6 is 24.0 Å². The molecule has 2 heterocycles. The summed E-state index contributed by atoms with van der Waals surface area (Å²) in [5.74, 6) is 2.54. The van der Waals surface area contributed by atoms with E-state index in [4.69, 9.17) is 4.42 Å². The van der Waals surface area contributed by atoms with Crippen molar-refractivity contribution in [2.45, 2.75) is 65.1 Å². The predicted molar refractivity (Wildman–Crippen MR) is 123 cm³/mol. The number of hydrogen-bond acceptors (Lipinski definition) is 4. The molecular weight excluding hydrogens is 510 g/mol. The number of guanidine groups is 1. The van der Waals surface area contributed by atoms with E-state index in [-0.39, 0.29) is 29.4 Å². The number of oxazole rings is 1. The van der Waals surface area contributed by atoms with Gasteiger partial charge in [0.05, 0.1) is 12.7 Å². The molecule has 30 heavy (non-hydrogen) atoms. The van der Waals surface area contributed by atoms with Gasteiger partial charge in [0.15, 0.2) is 5.96 Å². The number of aliphatic imine (C=N–C) groups is 1. The second-order valence-electron chi connectivity index (χ2n) is 8.61. The topological polar surface area (TPSA) is 65.7 Å². The number of aromatic nitrogens is 1. The van der Waals surface area contributed by atoms with E-state index in [1.807, 2.05) is 6.92 Å². The van der Waals surface area contributed by atoms with Gasteiger partial charge in [-0.1, -0.05) is 20.8 Å². The lowest BCUT2D eigenvalue weighted by atomic mass is 9.93. The summed E-state index contributed by atoms with van der Waals surface area (Å²) in [7, 11) is 0. The van der Waals surface area contributed by atoms with Crippen molar-refractivity contribution in [3.63, 3.8) is 0 Å². The Kier molecular flexibility index (Phi) is 10.9. The molecule has 0 spiro atoms. The molecule has 1 aliphatic rings. The molecular formula is C20H35F3IN5O. The smallest absolute Gasteiger partial charge is 0.401 e. The Morgan fingerprint density at radius 1 is 1.23 bits per heavy atom. The second-order valence-corrected chi connectivity index (χ2v) is 8.61. The second kappa shape index (κ2) is 12.1. The molecule has 0 aliphatic carbocycles. The van der Waals surface area contributed by atoms with Crippen LogP contribution in [0.4, 0.5) is 13.2 Å². The maximum Gasteiger partial charge on any atom is 0.401 e. The van der Waals surface area contributed by atoms with Gasteiger partial charge >= 0.3 is 6.18 Å². The van der Waals surface area contributed by atoms with Crippen molar-refractivity contribution in [3.05, 3.63) is 17.8 Å². The Balaban J connectivity index is 0.00000450. The lowest BCUT2D eigenvalue weighted by Crippen LogP contribution is -2.41. The molecule has 2 rings (SSSR count). The number of halogens is 4. The number of piperidine rings is 1. The van der Waals surface area contributed by atoms with Crippen molar-refractivity contribution < 1.29 is 17.6 Å². The zero-order chi connectivity index (χ0) is 21.5. The fourth-order valence-electron chi connectivity index (χ4n) is 3.30. The van der Waals surface area contributed by atoms with Gasteiger partial charge in [-0.3, -0.25) is 4.90 Å². The summed E-state index contributed by atoms with van der Waals surface area (Å²) < 4.78 is 43.2. The lowest BCUT2D eigenvalue weighted by Gasteiger charge is -2.32. The first-order valence-corrected chi connectivity index (χ1v) is 10.3. The van der Waals surface area contributed by atoms with Gasteiger partial charge in [-0.2, -0.15) is 13.2 Å². The first-order chi connectivity index (χ1) is 13.6. The van der Waals surface area contributed by atoms with Gasteiger partial charge in [-0.25, -0.2) is 9.98 Å². The van der Waals surface area contributed by atoms with E-state index in [1.54, 1.807) is 6.20 Å². The minimum atomic E-state index is -4.11. The zero-order valence-corrected chi connectivity index (χ0v) is 20.6. The van der Waals surface area contributed by atoms with E-state index in [1.165, 1.54) is 4.90 Å². The third-order valence-electron chi connectivity index (χ3n) is 4.96. The maximum absolute atomic E-state index is 12.5. The van der Waals surface area contributed by atoms with Gasteiger partial charge in [0.1, 0.15) is 12.3 Å². The molecule has 1 fully saturated rings. The molecule has 2 N–H and O–H groups in total. The quantitative estimate of drug-likeness (QED) is 0.304. The van der Waals surface area contributed by atoms with Gasteiger partial charge in [-0.05, 0) is 45.2 Å². The third-order valence-corrected chi connectivity index (χ3v) is 4.96. The molecule has 174 valence electrons. The summed E-state index contributed by atoms with van der Waals surface area (Å²) in [6.45, 7) is 10.2. The highest BCUT2D eigenvalue weighted by Crippen LogP contribution is 2.24. The summed E-state index contributed by atoms with van der Waals surface area (Å²) in [4.78, 5) is 10.3. The molecule has 0 bridgehead atoms. The zero-order valence-electron chi connectivity index (χ0n) is 18.3. The molecule has 10 heteroatoms. The van der Waals surface area contributed by atoms with Crippen LogP contribution < -0.4 is 10.6 Å². The molecule has 0 aromatic carbocycles. The van der Waals surface area contributed by atoms with Crippen molar-refractivity contribution >= 4 is 29.9 Å². The summed E-state index contributed by atoms with van der Waals surface area (Å²) in [5, 5.41) is 6.50. The molecule has 1 aromatic heterocycles. The van der Waals surface area contributed by atoms with Crippen LogP contribution in [0, 0.1) is 5.92 Å². The molecule has 0 atom stereocenters. The van der Waals surface area contributed by atoms with Gasteiger partial charge in [0.2, 0.25) is 5.89 Å². The van der Waals surface area contributed by atoms with Crippen molar-refractivity contribution in [2.24, 2.45) is 10.9 Å². The highest BCUT2D eigenvalue weighted by molar-refractivity contribution is 14.0.